The molecule has 48 heavy (non-hydrogen) atoms. The second-order valence-electron chi connectivity index (χ2n) is 10.5. The molecular weight excluding hydrogens is 647 g/mol. The summed E-state index contributed by atoms with van der Waals surface area (Å²) in [7, 11) is 0. The molecule has 4 aromatic carbocycles. The van der Waals surface area contributed by atoms with Gasteiger partial charge in [-0.3, -0.25) is 14.4 Å². The zero-order valence-electron chi connectivity index (χ0n) is 24.5. The molecule has 16 heteroatoms. The maximum atomic E-state index is 14.3. The maximum Gasteiger partial charge on any atom is 0.339 e. The van der Waals surface area contributed by atoms with E-state index in [1.54, 1.807) is 0 Å². The minimum atomic E-state index is -2.44. The van der Waals surface area contributed by atoms with Crippen LogP contribution in [0.15, 0.2) is 54.6 Å². The number of nitrogens with one attached hydrogen (secondary N) is 3. The van der Waals surface area contributed by atoms with Gasteiger partial charge in [-0.1, -0.05) is 24.3 Å². The van der Waals surface area contributed by atoms with Crippen LogP contribution in [0.25, 0.3) is 0 Å². The van der Waals surface area contributed by atoms with Crippen molar-refractivity contribution in [1.82, 2.24) is 5.32 Å². The normalized spacial score (nSPS) is 13.8. The first-order chi connectivity index (χ1) is 22.7. The Balaban J connectivity index is 1.55. The van der Waals surface area contributed by atoms with E-state index in [1.807, 2.05) is 0 Å². The second kappa shape index (κ2) is 13.0. The highest BCUT2D eigenvalue weighted by Crippen LogP contribution is 2.50. The van der Waals surface area contributed by atoms with Gasteiger partial charge in [0.1, 0.15) is 28.4 Å². The van der Waals surface area contributed by atoms with E-state index in [0.717, 1.165) is 6.07 Å². The predicted octanol–water partition coefficient (Wildman–Crippen LogP) is 4.73. The first-order valence-corrected chi connectivity index (χ1v) is 13.9. The van der Waals surface area contributed by atoms with Crippen molar-refractivity contribution in [3.8, 4) is 17.2 Å². The Morgan fingerprint density at radius 3 is 1.88 bits per heavy atom. The number of carbonyl (C=O) groups excluding carboxylic acids is 3. The van der Waals surface area contributed by atoms with E-state index in [9.17, 15) is 51.3 Å². The number of nitrogens with two attached hydrogens (primary N) is 1. The van der Waals surface area contributed by atoms with Crippen molar-refractivity contribution in [2.45, 2.75) is 18.9 Å². The Morgan fingerprint density at radius 1 is 0.792 bits per heavy atom. The minimum Gasteiger partial charge on any atom is -0.507 e. The monoisotopic (exact) mass is 670 g/mol. The van der Waals surface area contributed by atoms with Gasteiger partial charge < -0.3 is 36.6 Å². The molecule has 4 aromatic rings. The summed E-state index contributed by atoms with van der Waals surface area (Å²) in [6.07, 6.45) is 0. The summed E-state index contributed by atoms with van der Waals surface area (Å²) in [5.41, 5.74) is 4.06. The molecule has 0 spiro atoms. The average molecular weight is 671 g/mol. The molecule has 0 saturated heterocycles. The number of phenols is 1. The predicted molar refractivity (Wildman–Crippen MR) is 158 cm³/mol. The highest BCUT2D eigenvalue weighted by Gasteiger charge is 2.34. The van der Waals surface area contributed by atoms with Crippen molar-refractivity contribution in [1.29, 1.82) is 0 Å². The highest BCUT2D eigenvalue weighted by molar-refractivity contribution is 6.05. The molecule has 2 unspecified atom stereocenters. The fraction of sp³-hybridized carbons (Fsp3) is 0.125. The van der Waals surface area contributed by atoms with Crippen molar-refractivity contribution in [2.24, 2.45) is 5.73 Å². The number of ether oxygens (including phenoxy) is 1. The molecule has 0 bridgehead atoms. The van der Waals surface area contributed by atoms with E-state index in [0.29, 0.717) is 11.1 Å². The lowest BCUT2D eigenvalue weighted by Crippen LogP contribution is -2.41. The number of carboxylic acid groups (broad SMARTS) is 1. The molecular formula is C32H23F5N4O7. The van der Waals surface area contributed by atoms with Crippen LogP contribution in [0.4, 0.5) is 33.3 Å². The van der Waals surface area contributed by atoms with Crippen molar-refractivity contribution >= 4 is 35.1 Å². The molecule has 1 aliphatic rings. The topological polar surface area (TPSA) is 180 Å². The van der Waals surface area contributed by atoms with Crippen LogP contribution >= 0.6 is 0 Å². The lowest BCUT2D eigenvalue weighted by Gasteiger charge is -2.30. The van der Waals surface area contributed by atoms with Crippen molar-refractivity contribution < 1.29 is 56.1 Å². The van der Waals surface area contributed by atoms with Crippen molar-refractivity contribution in [2.75, 3.05) is 17.2 Å². The van der Waals surface area contributed by atoms with Gasteiger partial charge >= 0.3 is 5.97 Å². The second-order valence-corrected chi connectivity index (χ2v) is 10.5. The van der Waals surface area contributed by atoms with Gasteiger partial charge in [0.15, 0.2) is 23.3 Å². The lowest BCUT2D eigenvalue weighted by molar-refractivity contribution is -0.124. The summed E-state index contributed by atoms with van der Waals surface area (Å²) in [6.45, 7) is 1.02. The summed E-state index contributed by atoms with van der Waals surface area (Å²) < 4.78 is 75.6. The quantitative estimate of drug-likeness (QED) is 0.0779. The van der Waals surface area contributed by atoms with Crippen LogP contribution in [0.5, 0.6) is 17.2 Å². The van der Waals surface area contributed by atoms with Crippen LogP contribution in [-0.2, 0) is 9.59 Å². The van der Waals surface area contributed by atoms with Gasteiger partial charge in [0, 0.05) is 40.6 Å². The molecule has 0 radical (unpaired) electrons. The SMILES string of the molecule is CC(N)C(=O)NCC(=O)Nc1ccc2c(c1)Oc1cc(NC(=O)c3c(F)c(F)c(F)c(F)c3F)ccc1C2c1cccc(O)c1C(=O)O. The Labute approximate surface area is 267 Å². The highest BCUT2D eigenvalue weighted by atomic mass is 19.2. The Hall–Kier alpha value is -6.03. The summed E-state index contributed by atoms with van der Waals surface area (Å²) in [4.78, 5) is 49.1. The van der Waals surface area contributed by atoms with E-state index in [2.05, 4.69) is 16.0 Å². The van der Waals surface area contributed by atoms with Crippen molar-refractivity contribution in [3.05, 3.63) is 112 Å². The number of rotatable bonds is 8. The van der Waals surface area contributed by atoms with E-state index >= 15 is 0 Å². The number of benzene rings is 4. The molecule has 0 fully saturated rings. The number of fused-ring (bicyclic) bond motifs is 2. The van der Waals surface area contributed by atoms with Crippen LogP contribution in [-0.4, -0.2) is 46.5 Å². The fourth-order valence-electron chi connectivity index (χ4n) is 5.06. The van der Waals surface area contributed by atoms with Crippen molar-refractivity contribution in [3.63, 3.8) is 0 Å². The number of anilines is 2. The zero-order valence-corrected chi connectivity index (χ0v) is 24.5. The molecule has 248 valence electrons. The Kier molecular flexibility index (Phi) is 9.03. The van der Waals surface area contributed by atoms with Gasteiger partial charge in [-0.25, -0.2) is 26.7 Å². The number of hydrogen-bond acceptors (Lipinski definition) is 7. The Morgan fingerprint density at radius 2 is 1.33 bits per heavy atom. The average Bonchev–Trinajstić information content (AvgIpc) is 3.03. The standard InChI is InChI=1S/C32H23F5N4O7/c1-12(38)30(44)39-11-21(43)40-13-5-7-15-19(9-13)48-20-10-14(41-31(45)24-25(33)27(35)29(37)28(36)26(24)34)6-8-16(20)22(15)17-3-2-4-18(42)23(17)32(46)47/h2-10,12,22,42H,11,38H2,1H3,(H,39,44)(H,40,43)(H,41,45)(H,46,47). The molecule has 0 aliphatic carbocycles. The molecule has 3 amide bonds. The number of amides is 3. The van der Waals surface area contributed by atoms with Gasteiger partial charge in [-0.2, -0.15) is 0 Å². The summed E-state index contributed by atoms with van der Waals surface area (Å²) in [5.74, 6) is -17.5. The third kappa shape index (κ3) is 6.20. The summed E-state index contributed by atoms with van der Waals surface area (Å²) in [5, 5.41) is 27.3. The maximum absolute atomic E-state index is 14.3. The number of carboxylic acids is 1. The molecule has 5 rings (SSSR count). The number of aromatic carboxylic acids is 1. The van der Waals surface area contributed by atoms with Crippen LogP contribution in [0.2, 0.25) is 0 Å². The third-order valence-electron chi connectivity index (χ3n) is 7.28. The molecule has 0 aromatic heterocycles. The molecule has 2 atom stereocenters. The van der Waals surface area contributed by atoms with E-state index < -0.39 is 88.2 Å². The lowest BCUT2D eigenvalue weighted by atomic mass is 9.80. The third-order valence-corrected chi connectivity index (χ3v) is 7.28. The number of carbonyl (C=O) groups is 4. The van der Waals surface area contributed by atoms with Gasteiger partial charge in [0.2, 0.25) is 17.6 Å². The van der Waals surface area contributed by atoms with E-state index in [4.69, 9.17) is 10.5 Å². The molecule has 1 aliphatic heterocycles. The molecule has 1 heterocycles. The summed E-state index contributed by atoms with van der Waals surface area (Å²) in [6, 6.07) is 11.3. The van der Waals surface area contributed by atoms with Crippen LogP contribution in [0.3, 0.4) is 0 Å². The van der Waals surface area contributed by atoms with Gasteiger partial charge in [0.05, 0.1) is 12.6 Å². The summed E-state index contributed by atoms with van der Waals surface area (Å²) >= 11 is 0. The first-order valence-electron chi connectivity index (χ1n) is 13.9. The van der Waals surface area contributed by atoms with Crippen LogP contribution in [0, 0.1) is 29.1 Å². The van der Waals surface area contributed by atoms with Crippen LogP contribution in [0.1, 0.15) is 50.2 Å². The van der Waals surface area contributed by atoms with E-state index in [1.165, 1.54) is 55.5 Å². The molecule has 0 saturated carbocycles. The van der Waals surface area contributed by atoms with Gasteiger partial charge in [-0.15, -0.1) is 0 Å². The largest absolute Gasteiger partial charge is 0.507 e. The zero-order chi connectivity index (χ0) is 35.0. The number of halogens is 5. The smallest absolute Gasteiger partial charge is 0.339 e. The van der Waals surface area contributed by atoms with E-state index in [-0.39, 0.29) is 28.4 Å². The van der Waals surface area contributed by atoms with Crippen LogP contribution < -0.4 is 26.4 Å². The minimum absolute atomic E-state index is 0.0462. The molecule has 11 nitrogen and oxygen atoms in total. The van der Waals surface area contributed by atoms with Gasteiger partial charge in [0.25, 0.3) is 5.91 Å². The number of aromatic hydroxyl groups is 1. The van der Waals surface area contributed by atoms with Gasteiger partial charge in [-0.05, 0) is 30.7 Å². The first kappa shape index (κ1) is 33.3. The Bertz CT molecular complexity index is 1990. The fourth-order valence-corrected chi connectivity index (χ4v) is 5.06. The number of hydrogen-bond donors (Lipinski definition) is 6. The molecule has 7 N–H and O–H groups in total.